The first-order valence-electron chi connectivity index (χ1n) is 7.00. The molecule has 1 aliphatic rings. The number of halogens is 1. The molecule has 4 nitrogen and oxygen atoms in total. The van der Waals surface area contributed by atoms with Crippen molar-refractivity contribution >= 4 is 28.9 Å². The predicted octanol–water partition coefficient (Wildman–Crippen LogP) is 3.43. The summed E-state index contributed by atoms with van der Waals surface area (Å²) in [6.45, 7) is 2.36. The molecule has 20 heavy (non-hydrogen) atoms. The Labute approximate surface area is 124 Å². The summed E-state index contributed by atoms with van der Waals surface area (Å²) >= 11 is 5.80. The quantitative estimate of drug-likeness (QED) is 0.836. The van der Waals surface area contributed by atoms with Gasteiger partial charge in [0.05, 0.1) is 6.54 Å². The second-order valence-electron chi connectivity index (χ2n) is 5.15. The zero-order chi connectivity index (χ0) is 14.4. The Morgan fingerprint density at radius 3 is 2.80 bits per heavy atom. The fraction of sp³-hybridized carbons (Fsp3) is 0.467. The molecule has 2 rings (SSSR count). The van der Waals surface area contributed by atoms with E-state index in [4.69, 9.17) is 11.6 Å². The molecule has 1 aromatic rings. The summed E-state index contributed by atoms with van der Waals surface area (Å²) in [7, 11) is 0. The number of amides is 1. The van der Waals surface area contributed by atoms with E-state index in [2.05, 4.69) is 22.8 Å². The average molecular weight is 294 g/mol. The first-order chi connectivity index (χ1) is 9.65. The molecule has 0 aromatic heterocycles. The minimum absolute atomic E-state index is 0.134. The highest BCUT2D eigenvalue weighted by atomic mass is 35.5. The van der Waals surface area contributed by atoms with Crippen molar-refractivity contribution in [1.82, 2.24) is 5.43 Å². The van der Waals surface area contributed by atoms with Gasteiger partial charge in [-0.2, -0.15) is 5.10 Å². The van der Waals surface area contributed by atoms with Gasteiger partial charge in [-0.05, 0) is 49.4 Å². The van der Waals surface area contributed by atoms with E-state index in [9.17, 15) is 4.79 Å². The lowest BCUT2D eigenvalue weighted by Crippen LogP contribution is -2.28. The van der Waals surface area contributed by atoms with Crippen molar-refractivity contribution in [1.29, 1.82) is 0 Å². The summed E-state index contributed by atoms with van der Waals surface area (Å²) in [5.41, 5.74) is 4.60. The maximum Gasteiger partial charge on any atom is 0.259 e. The summed E-state index contributed by atoms with van der Waals surface area (Å²) in [6.07, 6.45) is 4.58. The normalized spacial score (nSPS) is 20.7. The lowest BCUT2D eigenvalue weighted by molar-refractivity contribution is -0.119. The molecule has 0 bridgehead atoms. The number of nitrogens with one attached hydrogen (secondary N) is 2. The smallest absolute Gasteiger partial charge is 0.259 e. The van der Waals surface area contributed by atoms with Crippen molar-refractivity contribution < 1.29 is 4.79 Å². The highest BCUT2D eigenvalue weighted by Gasteiger charge is 2.15. The standard InChI is InChI=1S/C15H20ClN3O/c1-11-4-2-3-5-14(11)18-19-15(20)10-17-13-8-6-12(16)7-9-13/h6-9,11,17H,2-5,10H2,1H3,(H,19,20)/b18-14-. The molecule has 0 saturated heterocycles. The maximum absolute atomic E-state index is 11.7. The lowest BCUT2D eigenvalue weighted by Gasteiger charge is -2.19. The van der Waals surface area contributed by atoms with Gasteiger partial charge in [-0.25, -0.2) is 5.43 Å². The molecule has 1 saturated carbocycles. The molecule has 0 heterocycles. The highest BCUT2D eigenvalue weighted by Crippen LogP contribution is 2.20. The minimum Gasteiger partial charge on any atom is -0.376 e. The summed E-state index contributed by atoms with van der Waals surface area (Å²) in [4.78, 5) is 11.7. The first-order valence-corrected chi connectivity index (χ1v) is 7.37. The second-order valence-corrected chi connectivity index (χ2v) is 5.58. The van der Waals surface area contributed by atoms with Crippen molar-refractivity contribution in [3.8, 4) is 0 Å². The number of carbonyl (C=O) groups excluding carboxylic acids is 1. The molecule has 1 aromatic carbocycles. The van der Waals surface area contributed by atoms with Gasteiger partial charge in [-0.15, -0.1) is 0 Å². The van der Waals surface area contributed by atoms with E-state index in [0.717, 1.165) is 24.2 Å². The molecule has 1 amide bonds. The van der Waals surface area contributed by atoms with Gasteiger partial charge < -0.3 is 5.32 Å². The topological polar surface area (TPSA) is 53.5 Å². The molecule has 5 heteroatoms. The largest absolute Gasteiger partial charge is 0.376 e. The molecule has 0 spiro atoms. The van der Waals surface area contributed by atoms with E-state index in [-0.39, 0.29) is 12.5 Å². The molecule has 1 aliphatic carbocycles. The fourth-order valence-corrected chi connectivity index (χ4v) is 2.39. The summed E-state index contributed by atoms with van der Waals surface area (Å²) < 4.78 is 0. The van der Waals surface area contributed by atoms with Gasteiger partial charge in [0.1, 0.15) is 0 Å². The number of anilines is 1. The third kappa shape index (κ3) is 4.53. The third-order valence-corrected chi connectivity index (χ3v) is 3.76. The van der Waals surface area contributed by atoms with E-state index in [1.54, 1.807) is 12.1 Å². The molecule has 1 atom stereocenters. The SMILES string of the molecule is CC1CCCC/C1=N/NC(=O)CNc1ccc(Cl)cc1. The number of hydrogen-bond donors (Lipinski definition) is 2. The maximum atomic E-state index is 11.7. The number of nitrogens with zero attached hydrogens (tertiary/aromatic N) is 1. The van der Waals surface area contributed by atoms with E-state index in [1.807, 2.05) is 12.1 Å². The van der Waals surface area contributed by atoms with Crippen molar-refractivity contribution in [2.75, 3.05) is 11.9 Å². The van der Waals surface area contributed by atoms with Crippen LogP contribution in [0.2, 0.25) is 5.02 Å². The third-order valence-electron chi connectivity index (χ3n) is 3.51. The Kier molecular flexibility index (Phi) is 5.41. The molecule has 0 radical (unpaired) electrons. The molecule has 1 fully saturated rings. The first kappa shape index (κ1) is 14.9. The van der Waals surface area contributed by atoms with Gasteiger partial charge in [0.25, 0.3) is 5.91 Å². The molecule has 108 valence electrons. The highest BCUT2D eigenvalue weighted by molar-refractivity contribution is 6.30. The van der Waals surface area contributed by atoms with E-state index in [0.29, 0.717) is 10.9 Å². The van der Waals surface area contributed by atoms with Gasteiger partial charge in [0.15, 0.2) is 0 Å². The Balaban J connectivity index is 1.77. The molecule has 2 N–H and O–H groups in total. The van der Waals surface area contributed by atoms with Crippen LogP contribution in [0.1, 0.15) is 32.6 Å². The second kappa shape index (κ2) is 7.29. The van der Waals surface area contributed by atoms with Crippen LogP contribution in [0, 0.1) is 5.92 Å². The van der Waals surface area contributed by atoms with E-state index < -0.39 is 0 Å². The number of rotatable bonds is 4. The van der Waals surface area contributed by atoms with Crippen LogP contribution in [-0.4, -0.2) is 18.2 Å². The fourth-order valence-electron chi connectivity index (χ4n) is 2.26. The Morgan fingerprint density at radius 1 is 1.35 bits per heavy atom. The van der Waals surface area contributed by atoms with Crippen LogP contribution in [0.5, 0.6) is 0 Å². The van der Waals surface area contributed by atoms with Crippen molar-refractivity contribution in [3.63, 3.8) is 0 Å². The Morgan fingerprint density at radius 2 is 2.10 bits per heavy atom. The van der Waals surface area contributed by atoms with Crippen LogP contribution in [0.25, 0.3) is 0 Å². The minimum atomic E-state index is -0.134. The number of benzene rings is 1. The summed E-state index contributed by atoms with van der Waals surface area (Å²) in [5.74, 6) is 0.346. The van der Waals surface area contributed by atoms with Crippen LogP contribution in [-0.2, 0) is 4.79 Å². The van der Waals surface area contributed by atoms with Crippen LogP contribution >= 0.6 is 11.6 Å². The van der Waals surface area contributed by atoms with E-state index in [1.165, 1.54) is 12.8 Å². The Bertz CT molecular complexity index is 484. The summed E-state index contributed by atoms with van der Waals surface area (Å²) in [5, 5.41) is 7.96. The summed E-state index contributed by atoms with van der Waals surface area (Å²) in [6, 6.07) is 7.24. The van der Waals surface area contributed by atoms with Crippen LogP contribution in [0.15, 0.2) is 29.4 Å². The van der Waals surface area contributed by atoms with Crippen molar-refractivity contribution in [2.45, 2.75) is 32.6 Å². The van der Waals surface area contributed by atoms with Crippen LogP contribution in [0.3, 0.4) is 0 Å². The lowest BCUT2D eigenvalue weighted by atomic mass is 9.89. The average Bonchev–Trinajstić information content (AvgIpc) is 2.46. The molecule has 1 unspecified atom stereocenters. The zero-order valence-electron chi connectivity index (χ0n) is 11.7. The number of hydrogen-bond acceptors (Lipinski definition) is 3. The van der Waals surface area contributed by atoms with Crippen LogP contribution in [0.4, 0.5) is 5.69 Å². The molecular formula is C15H20ClN3O. The molecule has 0 aliphatic heterocycles. The van der Waals surface area contributed by atoms with E-state index >= 15 is 0 Å². The number of hydrazone groups is 1. The zero-order valence-corrected chi connectivity index (χ0v) is 12.4. The number of carbonyl (C=O) groups is 1. The van der Waals surface area contributed by atoms with Gasteiger partial charge in [-0.1, -0.05) is 24.9 Å². The van der Waals surface area contributed by atoms with Crippen molar-refractivity contribution in [2.24, 2.45) is 11.0 Å². The predicted molar refractivity (Wildman–Crippen MR) is 83.2 cm³/mol. The van der Waals surface area contributed by atoms with Gasteiger partial charge in [0.2, 0.25) is 0 Å². The van der Waals surface area contributed by atoms with Gasteiger partial charge in [-0.3, -0.25) is 4.79 Å². The van der Waals surface area contributed by atoms with Gasteiger partial charge in [0, 0.05) is 16.4 Å². The van der Waals surface area contributed by atoms with Crippen LogP contribution < -0.4 is 10.7 Å². The monoisotopic (exact) mass is 293 g/mol. The van der Waals surface area contributed by atoms with Crippen molar-refractivity contribution in [3.05, 3.63) is 29.3 Å². The molecular weight excluding hydrogens is 274 g/mol. The van der Waals surface area contributed by atoms with Gasteiger partial charge >= 0.3 is 0 Å². The Hall–Kier alpha value is -1.55.